The Morgan fingerprint density at radius 2 is 1.86 bits per heavy atom. The van der Waals surface area contributed by atoms with Gasteiger partial charge in [-0.15, -0.1) is 0 Å². The Morgan fingerprint density at radius 3 is 2.61 bits per heavy atom. The Kier molecular flexibility index (Phi) is 4.88. The van der Waals surface area contributed by atoms with Gasteiger partial charge in [-0.1, -0.05) is 12.8 Å². The molecular weight excluding hydrogens is 354 g/mol. The Morgan fingerprint density at radius 1 is 1.07 bits per heavy atom. The molecule has 2 N–H and O–H groups in total. The van der Waals surface area contributed by atoms with Crippen LogP contribution >= 0.6 is 0 Å². The van der Waals surface area contributed by atoms with Crippen LogP contribution in [0.2, 0.25) is 0 Å². The van der Waals surface area contributed by atoms with E-state index >= 15 is 0 Å². The van der Waals surface area contributed by atoms with E-state index in [-0.39, 0.29) is 35.9 Å². The number of fused-ring (bicyclic) bond motifs is 2. The maximum absolute atomic E-state index is 13.4. The highest BCUT2D eigenvalue weighted by Crippen LogP contribution is 2.35. The molecule has 0 aromatic heterocycles. The van der Waals surface area contributed by atoms with Gasteiger partial charge in [-0.3, -0.25) is 15.0 Å². The highest BCUT2D eigenvalue weighted by Gasteiger charge is 2.49. The zero-order valence-corrected chi connectivity index (χ0v) is 17.3. The molecule has 7 heteroatoms. The van der Waals surface area contributed by atoms with Crippen LogP contribution in [-0.2, 0) is 9.59 Å². The number of nitrogens with one attached hydrogen (secondary N) is 2. The Balaban J connectivity index is 1.26. The summed E-state index contributed by atoms with van der Waals surface area (Å²) in [7, 11) is 1.95. The van der Waals surface area contributed by atoms with Gasteiger partial charge in [0.05, 0.1) is 18.0 Å². The Bertz CT molecular complexity index is 624. The number of piperazine rings is 1. The lowest BCUT2D eigenvalue weighted by Gasteiger charge is -2.44. The predicted octanol–water partition coefficient (Wildman–Crippen LogP) is 0.564. The molecule has 0 aromatic rings. The van der Waals surface area contributed by atoms with E-state index in [9.17, 15) is 9.59 Å². The van der Waals surface area contributed by atoms with Gasteiger partial charge in [0.15, 0.2) is 0 Å². The van der Waals surface area contributed by atoms with Crippen LogP contribution in [0.4, 0.5) is 0 Å². The lowest BCUT2D eigenvalue weighted by atomic mass is 9.85. The summed E-state index contributed by atoms with van der Waals surface area (Å²) < 4.78 is 0. The van der Waals surface area contributed by atoms with Crippen molar-refractivity contribution >= 4 is 11.8 Å². The molecule has 2 amide bonds. The van der Waals surface area contributed by atoms with E-state index in [1.165, 1.54) is 25.7 Å². The second kappa shape index (κ2) is 7.26. The number of rotatable bonds is 3. The molecule has 6 unspecified atom stereocenters. The molecule has 6 atom stereocenters. The Labute approximate surface area is 168 Å². The van der Waals surface area contributed by atoms with Gasteiger partial charge in [0, 0.05) is 44.8 Å². The fourth-order valence-corrected chi connectivity index (χ4v) is 6.05. The summed E-state index contributed by atoms with van der Waals surface area (Å²) in [5.74, 6) is 1.13. The van der Waals surface area contributed by atoms with Crippen molar-refractivity contribution in [3.63, 3.8) is 0 Å². The monoisotopic (exact) mass is 389 g/mol. The fourth-order valence-electron chi connectivity index (χ4n) is 6.05. The first-order valence-corrected chi connectivity index (χ1v) is 11.4. The van der Waals surface area contributed by atoms with Crippen LogP contribution < -0.4 is 10.7 Å². The molecule has 5 aliphatic rings. The lowest BCUT2D eigenvalue weighted by Crippen LogP contribution is -2.63. The molecular formula is C21H35N5O2. The van der Waals surface area contributed by atoms with Crippen LogP contribution in [0.1, 0.15) is 51.9 Å². The van der Waals surface area contributed by atoms with Crippen molar-refractivity contribution in [2.75, 3.05) is 26.7 Å². The molecule has 7 nitrogen and oxygen atoms in total. The van der Waals surface area contributed by atoms with Gasteiger partial charge in [0.1, 0.15) is 0 Å². The number of hydrazine groups is 1. The minimum atomic E-state index is -0.0486. The molecule has 3 aliphatic heterocycles. The highest BCUT2D eigenvalue weighted by molar-refractivity contribution is 5.84. The normalized spacial score (nSPS) is 40.9. The second-order valence-electron chi connectivity index (χ2n) is 9.81. The molecule has 3 heterocycles. The van der Waals surface area contributed by atoms with Crippen molar-refractivity contribution in [2.45, 2.75) is 82.1 Å². The third kappa shape index (κ3) is 3.25. The molecule has 2 aliphatic carbocycles. The minimum absolute atomic E-state index is 0.0280. The molecule has 0 bridgehead atoms. The zero-order valence-electron chi connectivity index (χ0n) is 17.3. The van der Waals surface area contributed by atoms with Crippen LogP contribution in [0.3, 0.4) is 0 Å². The summed E-state index contributed by atoms with van der Waals surface area (Å²) in [6, 6.07) is 1.22. The molecule has 0 spiro atoms. The van der Waals surface area contributed by atoms with Gasteiger partial charge < -0.3 is 15.1 Å². The number of carbonyl (C=O) groups is 2. The standard InChI is InChI=1S/C21H35N5O2/c1-13-11-26-19(16(10-22-26)20(27)24(2)15-7-8-15)12-25(13)21(28)18-9-14-5-3-4-6-17(14)23-18/h13-19,22-23H,3-12H2,1-2H3. The van der Waals surface area contributed by atoms with Crippen LogP contribution in [0.5, 0.6) is 0 Å². The van der Waals surface area contributed by atoms with Gasteiger partial charge in [0.25, 0.3) is 0 Å². The van der Waals surface area contributed by atoms with Crippen molar-refractivity contribution in [1.82, 2.24) is 25.6 Å². The first-order chi connectivity index (χ1) is 13.5. The van der Waals surface area contributed by atoms with E-state index in [1.54, 1.807) is 0 Å². The van der Waals surface area contributed by atoms with E-state index in [0.29, 0.717) is 31.1 Å². The summed E-state index contributed by atoms with van der Waals surface area (Å²) in [4.78, 5) is 30.4. The third-order valence-electron chi connectivity index (χ3n) is 7.96. The van der Waals surface area contributed by atoms with Gasteiger partial charge in [0.2, 0.25) is 11.8 Å². The number of nitrogens with zero attached hydrogens (tertiary/aromatic N) is 3. The summed E-state index contributed by atoms with van der Waals surface area (Å²) in [6.45, 7) is 4.30. The molecule has 2 saturated carbocycles. The smallest absolute Gasteiger partial charge is 0.240 e. The molecule has 5 rings (SSSR count). The van der Waals surface area contributed by atoms with Crippen molar-refractivity contribution in [2.24, 2.45) is 11.8 Å². The molecule has 156 valence electrons. The lowest BCUT2D eigenvalue weighted by molar-refractivity contribution is -0.143. The number of amides is 2. The van der Waals surface area contributed by atoms with Gasteiger partial charge in [-0.25, -0.2) is 5.01 Å². The first kappa shape index (κ1) is 18.8. The van der Waals surface area contributed by atoms with E-state index in [2.05, 4.69) is 27.6 Å². The largest absolute Gasteiger partial charge is 0.342 e. The maximum atomic E-state index is 13.4. The van der Waals surface area contributed by atoms with Crippen molar-refractivity contribution in [1.29, 1.82) is 0 Å². The summed E-state index contributed by atoms with van der Waals surface area (Å²) >= 11 is 0. The summed E-state index contributed by atoms with van der Waals surface area (Å²) in [6.07, 6.45) is 8.34. The van der Waals surface area contributed by atoms with E-state index < -0.39 is 0 Å². The second-order valence-corrected chi connectivity index (χ2v) is 9.81. The molecule has 0 aromatic carbocycles. The molecule has 28 heavy (non-hydrogen) atoms. The molecule has 5 fully saturated rings. The van der Waals surface area contributed by atoms with Gasteiger partial charge in [-0.05, 0) is 44.9 Å². The third-order valence-corrected chi connectivity index (χ3v) is 7.96. The number of hydrogen-bond acceptors (Lipinski definition) is 5. The van der Waals surface area contributed by atoms with Crippen LogP contribution in [0, 0.1) is 11.8 Å². The number of hydrogen-bond donors (Lipinski definition) is 2. The predicted molar refractivity (Wildman–Crippen MR) is 106 cm³/mol. The zero-order chi connectivity index (χ0) is 19.4. The highest BCUT2D eigenvalue weighted by atomic mass is 16.2. The van der Waals surface area contributed by atoms with Crippen LogP contribution in [-0.4, -0.2) is 83.5 Å². The summed E-state index contributed by atoms with van der Waals surface area (Å²) in [5.41, 5.74) is 3.44. The van der Waals surface area contributed by atoms with Gasteiger partial charge >= 0.3 is 0 Å². The fraction of sp³-hybridized carbons (Fsp3) is 0.905. The van der Waals surface area contributed by atoms with Crippen LogP contribution in [0.15, 0.2) is 0 Å². The number of carbonyl (C=O) groups excluding carboxylic acids is 2. The molecule has 3 saturated heterocycles. The van der Waals surface area contributed by atoms with Crippen molar-refractivity contribution in [3.8, 4) is 0 Å². The topological polar surface area (TPSA) is 67.9 Å². The van der Waals surface area contributed by atoms with Crippen molar-refractivity contribution < 1.29 is 9.59 Å². The first-order valence-electron chi connectivity index (χ1n) is 11.4. The maximum Gasteiger partial charge on any atom is 0.240 e. The van der Waals surface area contributed by atoms with Crippen LogP contribution in [0.25, 0.3) is 0 Å². The summed E-state index contributed by atoms with van der Waals surface area (Å²) in [5, 5.41) is 5.87. The minimum Gasteiger partial charge on any atom is -0.342 e. The average molecular weight is 390 g/mol. The van der Waals surface area contributed by atoms with E-state index in [0.717, 1.165) is 25.8 Å². The average Bonchev–Trinajstić information content (AvgIpc) is 3.33. The van der Waals surface area contributed by atoms with E-state index in [1.807, 2.05) is 11.9 Å². The van der Waals surface area contributed by atoms with E-state index in [4.69, 9.17) is 0 Å². The SMILES string of the molecule is CC1CN2NCC(C(=O)N(C)C3CC3)C2CN1C(=O)C1CC2CCCCC2N1. The Hall–Kier alpha value is -1.18. The molecule has 0 radical (unpaired) electrons. The van der Waals surface area contributed by atoms with Gasteiger partial charge in [-0.2, -0.15) is 0 Å². The quantitative estimate of drug-likeness (QED) is 0.739. The van der Waals surface area contributed by atoms with Crippen molar-refractivity contribution in [3.05, 3.63) is 0 Å².